The summed E-state index contributed by atoms with van der Waals surface area (Å²) in [7, 11) is 1.59. The second kappa shape index (κ2) is 8.58. The lowest BCUT2D eigenvalue weighted by atomic mass is 10.2. The molecule has 27 heavy (non-hydrogen) atoms. The summed E-state index contributed by atoms with van der Waals surface area (Å²) in [5.74, 6) is 1.37. The lowest BCUT2D eigenvalue weighted by molar-refractivity contribution is -0.115. The van der Waals surface area contributed by atoms with Crippen LogP contribution in [0.1, 0.15) is 19.4 Å². The molecule has 6 nitrogen and oxygen atoms in total. The molecule has 0 saturated carbocycles. The molecule has 2 aromatic heterocycles. The van der Waals surface area contributed by atoms with E-state index in [4.69, 9.17) is 4.74 Å². The quantitative estimate of drug-likeness (QED) is 0.591. The fourth-order valence-electron chi connectivity index (χ4n) is 2.61. The first kappa shape index (κ1) is 19.4. The number of amides is 1. The minimum Gasteiger partial charge on any atom is -0.495 e. The van der Waals surface area contributed by atoms with Gasteiger partial charge in [-0.3, -0.25) is 4.79 Å². The molecule has 0 spiro atoms. The molecular weight excluding hydrogens is 380 g/mol. The molecule has 1 N–H and O–H groups in total. The minimum atomic E-state index is -0.332. The van der Waals surface area contributed by atoms with E-state index >= 15 is 0 Å². The first-order chi connectivity index (χ1) is 13.0. The second-order valence-electron chi connectivity index (χ2n) is 5.98. The van der Waals surface area contributed by atoms with E-state index in [1.54, 1.807) is 18.4 Å². The van der Waals surface area contributed by atoms with Gasteiger partial charge in [0.1, 0.15) is 5.75 Å². The number of hydrogen-bond donors (Lipinski definition) is 1. The van der Waals surface area contributed by atoms with Crippen LogP contribution in [-0.4, -0.2) is 33.0 Å². The van der Waals surface area contributed by atoms with Crippen LogP contribution in [0, 0.1) is 6.92 Å². The molecular formula is C19H22N4O2S2. The van der Waals surface area contributed by atoms with E-state index in [1.165, 1.54) is 11.8 Å². The fourth-order valence-corrected chi connectivity index (χ4v) is 4.24. The summed E-state index contributed by atoms with van der Waals surface area (Å²) in [6.07, 6.45) is 0. The zero-order chi connectivity index (χ0) is 19.4. The third-order valence-corrected chi connectivity index (χ3v) is 5.99. The van der Waals surface area contributed by atoms with E-state index in [0.29, 0.717) is 11.4 Å². The number of nitrogens with one attached hydrogen (secondary N) is 1. The van der Waals surface area contributed by atoms with Crippen molar-refractivity contribution in [2.24, 2.45) is 0 Å². The fraction of sp³-hybridized carbons (Fsp3) is 0.316. The standard InChI is InChI=1S/C19H22N4O2S2/c1-5-23-17(16-7-6-10-26-16)21-22-19(23)27-13(3)18(24)20-14-11-12(2)8-9-15(14)25-4/h6-11,13H,5H2,1-4H3,(H,20,24)/t13-/m0/s1. The Morgan fingerprint density at radius 1 is 1.37 bits per heavy atom. The number of carbonyl (C=O) groups excluding carboxylic acids is 1. The van der Waals surface area contributed by atoms with Crippen LogP contribution in [0.25, 0.3) is 10.7 Å². The lowest BCUT2D eigenvalue weighted by Crippen LogP contribution is -2.23. The Morgan fingerprint density at radius 2 is 2.19 bits per heavy atom. The number of nitrogens with zero attached hydrogens (tertiary/aromatic N) is 3. The van der Waals surface area contributed by atoms with Crippen molar-refractivity contribution in [3.63, 3.8) is 0 Å². The van der Waals surface area contributed by atoms with Gasteiger partial charge in [0.2, 0.25) is 5.91 Å². The van der Waals surface area contributed by atoms with Gasteiger partial charge in [-0.25, -0.2) is 0 Å². The van der Waals surface area contributed by atoms with Crippen molar-refractivity contribution in [3.8, 4) is 16.5 Å². The Balaban J connectivity index is 1.75. The minimum absolute atomic E-state index is 0.104. The van der Waals surface area contributed by atoms with Gasteiger partial charge in [0.25, 0.3) is 0 Å². The summed E-state index contributed by atoms with van der Waals surface area (Å²) < 4.78 is 7.37. The largest absolute Gasteiger partial charge is 0.495 e. The number of methoxy groups -OCH3 is 1. The highest BCUT2D eigenvalue weighted by Crippen LogP contribution is 2.30. The Bertz CT molecular complexity index is 922. The smallest absolute Gasteiger partial charge is 0.237 e. The van der Waals surface area contributed by atoms with E-state index in [1.807, 2.05) is 61.1 Å². The van der Waals surface area contributed by atoms with Crippen LogP contribution in [0.4, 0.5) is 5.69 Å². The Morgan fingerprint density at radius 3 is 2.85 bits per heavy atom. The third kappa shape index (κ3) is 4.33. The summed E-state index contributed by atoms with van der Waals surface area (Å²) in [5, 5.41) is 14.0. The van der Waals surface area contributed by atoms with Crippen LogP contribution in [0.5, 0.6) is 5.75 Å². The zero-order valence-electron chi connectivity index (χ0n) is 15.7. The maximum atomic E-state index is 12.7. The Kier molecular flexibility index (Phi) is 6.18. The van der Waals surface area contributed by atoms with Gasteiger partial charge in [-0.15, -0.1) is 21.5 Å². The van der Waals surface area contributed by atoms with E-state index in [2.05, 4.69) is 15.5 Å². The molecule has 0 aliphatic heterocycles. The van der Waals surface area contributed by atoms with E-state index in [-0.39, 0.29) is 11.2 Å². The summed E-state index contributed by atoms with van der Waals surface area (Å²) in [5.41, 5.74) is 1.73. The van der Waals surface area contributed by atoms with Crippen LogP contribution in [0.2, 0.25) is 0 Å². The monoisotopic (exact) mass is 402 g/mol. The SMILES string of the molecule is CCn1c(S[C@@H](C)C(=O)Nc2cc(C)ccc2OC)nnc1-c1cccs1. The average Bonchev–Trinajstić information content (AvgIpc) is 3.31. The molecule has 0 aliphatic carbocycles. The molecule has 1 amide bonds. The molecule has 0 bridgehead atoms. The van der Waals surface area contributed by atoms with Crippen molar-refractivity contribution in [2.45, 2.75) is 37.7 Å². The van der Waals surface area contributed by atoms with Crippen LogP contribution in [0.15, 0.2) is 40.9 Å². The number of anilines is 1. The number of carbonyl (C=O) groups is 1. The third-order valence-electron chi connectivity index (χ3n) is 4.04. The molecule has 142 valence electrons. The van der Waals surface area contributed by atoms with Gasteiger partial charge in [-0.1, -0.05) is 23.9 Å². The van der Waals surface area contributed by atoms with Crippen LogP contribution >= 0.6 is 23.1 Å². The van der Waals surface area contributed by atoms with Crippen molar-refractivity contribution in [1.29, 1.82) is 0 Å². The number of ether oxygens (including phenoxy) is 1. The van der Waals surface area contributed by atoms with Gasteiger partial charge >= 0.3 is 0 Å². The molecule has 1 aromatic carbocycles. The number of aryl methyl sites for hydroxylation is 1. The van der Waals surface area contributed by atoms with E-state index in [0.717, 1.165) is 28.0 Å². The summed E-state index contributed by atoms with van der Waals surface area (Å²) in [4.78, 5) is 13.8. The molecule has 0 unspecified atom stereocenters. The average molecular weight is 403 g/mol. The molecule has 2 heterocycles. The predicted octanol–water partition coefficient (Wildman–Crippen LogP) is 4.46. The maximum absolute atomic E-state index is 12.7. The molecule has 0 saturated heterocycles. The van der Waals surface area contributed by atoms with Crippen molar-refractivity contribution < 1.29 is 9.53 Å². The van der Waals surface area contributed by atoms with E-state index < -0.39 is 0 Å². The van der Waals surface area contributed by atoms with E-state index in [9.17, 15) is 4.79 Å². The van der Waals surface area contributed by atoms with Crippen LogP contribution in [-0.2, 0) is 11.3 Å². The van der Waals surface area contributed by atoms with Gasteiger partial charge in [-0.2, -0.15) is 0 Å². The van der Waals surface area contributed by atoms with Gasteiger partial charge in [-0.05, 0) is 49.9 Å². The number of benzene rings is 1. The molecule has 1 atom stereocenters. The highest BCUT2D eigenvalue weighted by molar-refractivity contribution is 8.00. The molecule has 0 aliphatic rings. The second-order valence-corrected chi connectivity index (χ2v) is 8.24. The highest BCUT2D eigenvalue weighted by Gasteiger charge is 2.21. The maximum Gasteiger partial charge on any atom is 0.237 e. The summed E-state index contributed by atoms with van der Waals surface area (Å²) >= 11 is 3.02. The van der Waals surface area contributed by atoms with Crippen molar-refractivity contribution >= 4 is 34.7 Å². The normalized spacial score (nSPS) is 12.0. The first-order valence-corrected chi connectivity index (χ1v) is 10.4. The van der Waals surface area contributed by atoms with Gasteiger partial charge < -0.3 is 14.6 Å². The van der Waals surface area contributed by atoms with Crippen LogP contribution in [0.3, 0.4) is 0 Å². The van der Waals surface area contributed by atoms with Gasteiger partial charge in [0.05, 0.1) is 22.9 Å². The van der Waals surface area contributed by atoms with Crippen molar-refractivity contribution in [1.82, 2.24) is 14.8 Å². The molecule has 3 rings (SSSR count). The number of thioether (sulfide) groups is 1. The number of hydrogen-bond acceptors (Lipinski definition) is 6. The predicted molar refractivity (Wildman–Crippen MR) is 111 cm³/mol. The van der Waals surface area contributed by atoms with Crippen molar-refractivity contribution in [2.75, 3.05) is 12.4 Å². The van der Waals surface area contributed by atoms with Crippen LogP contribution < -0.4 is 10.1 Å². The molecule has 0 radical (unpaired) electrons. The first-order valence-electron chi connectivity index (χ1n) is 8.62. The molecule has 3 aromatic rings. The number of rotatable bonds is 7. The lowest BCUT2D eigenvalue weighted by Gasteiger charge is -2.15. The zero-order valence-corrected chi connectivity index (χ0v) is 17.4. The Hall–Kier alpha value is -2.32. The topological polar surface area (TPSA) is 69.0 Å². The number of thiophene rings is 1. The summed E-state index contributed by atoms with van der Waals surface area (Å²) in [6, 6.07) is 9.71. The molecule has 0 fully saturated rings. The van der Waals surface area contributed by atoms with Gasteiger partial charge in [0.15, 0.2) is 11.0 Å². The van der Waals surface area contributed by atoms with Gasteiger partial charge in [0, 0.05) is 6.54 Å². The van der Waals surface area contributed by atoms with Crippen molar-refractivity contribution in [3.05, 3.63) is 41.3 Å². The number of aromatic nitrogens is 3. The molecule has 8 heteroatoms. The Labute approximate surface area is 167 Å². The summed E-state index contributed by atoms with van der Waals surface area (Å²) in [6.45, 7) is 6.63. The highest BCUT2D eigenvalue weighted by atomic mass is 32.2.